The number of methoxy groups -OCH3 is 1. The molecule has 2 nitrogen and oxygen atoms in total. The van der Waals surface area contributed by atoms with Crippen LogP contribution in [0.2, 0.25) is 5.02 Å². The summed E-state index contributed by atoms with van der Waals surface area (Å²) in [7, 11) is 3.66. The van der Waals surface area contributed by atoms with Crippen LogP contribution in [-0.2, 0) is 11.2 Å². The van der Waals surface area contributed by atoms with Gasteiger partial charge in [-0.1, -0.05) is 24.4 Å². The van der Waals surface area contributed by atoms with Crippen molar-refractivity contribution in [2.75, 3.05) is 14.2 Å². The first-order chi connectivity index (χ1) is 9.11. The van der Waals surface area contributed by atoms with Gasteiger partial charge in [0, 0.05) is 18.2 Å². The third kappa shape index (κ3) is 3.10. The lowest BCUT2D eigenvalue weighted by molar-refractivity contribution is -0.0338. The summed E-state index contributed by atoms with van der Waals surface area (Å²) < 4.78 is 19.6. The minimum atomic E-state index is -0.200. The Morgan fingerprint density at radius 1 is 1.42 bits per heavy atom. The van der Waals surface area contributed by atoms with Crippen molar-refractivity contribution < 1.29 is 9.13 Å². The average Bonchev–Trinajstić information content (AvgIpc) is 2.89. The van der Waals surface area contributed by atoms with Crippen LogP contribution in [0, 0.1) is 5.82 Å². The maximum atomic E-state index is 13.9. The van der Waals surface area contributed by atoms with E-state index in [0.717, 1.165) is 12.8 Å². The number of hydrogen-bond acceptors (Lipinski definition) is 2. The molecule has 1 aromatic rings. The maximum Gasteiger partial charge on any atom is 0.126 e. The molecule has 0 bridgehead atoms. The third-order valence-electron chi connectivity index (χ3n) is 4.27. The second-order valence-corrected chi connectivity index (χ2v) is 5.69. The number of benzene rings is 1. The van der Waals surface area contributed by atoms with Gasteiger partial charge in [-0.05, 0) is 50.1 Å². The fraction of sp³-hybridized carbons (Fsp3) is 0.600. The van der Waals surface area contributed by atoms with Gasteiger partial charge < -0.3 is 10.1 Å². The first-order valence-electron chi connectivity index (χ1n) is 6.77. The van der Waals surface area contributed by atoms with Crippen LogP contribution in [-0.4, -0.2) is 25.8 Å². The van der Waals surface area contributed by atoms with Gasteiger partial charge in [0.2, 0.25) is 0 Å². The van der Waals surface area contributed by atoms with Crippen LogP contribution in [0.1, 0.15) is 31.2 Å². The van der Waals surface area contributed by atoms with Gasteiger partial charge in [-0.2, -0.15) is 0 Å². The lowest BCUT2D eigenvalue weighted by Crippen LogP contribution is -2.50. The van der Waals surface area contributed by atoms with E-state index < -0.39 is 0 Å². The molecule has 106 valence electrons. The van der Waals surface area contributed by atoms with E-state index in [4.69, 9.17) is 16.3 Å². The Kier molecular flexibility index (Phi) is 4.82. The molecule has 0 amide bonds. The van der Waals surface area contributed by atoms with Gasteiger partial charge in [0.1, 0.15) is 5.82 Å². The number of ether oxygens (including phenoxy) is 1. The van der Waals surface area contributed by atoms with Crippen molar-refractivity contribution in [2.24, 2.45) is 0 Å². The summed E-state index contributed by atoms with van der Waals surface area (Å²) in [5.74, 6) is -0.200. The molecule has 4 heteroatoms. The smallest absolute Gasteiger partial charge is 0.126 e. The van der Waals surface area contributed by atoms with Crippen molar-refractivity contribution in [1.82, 2.24) is 5.32 Å². The van der Waals surface area contributed by atoms with E-state index in [1.165, 1.54) is 18.9 Å². The monoisotopic (exact) mass is 285 g/mol. The number of likely N-dealkylation sites (N-methyl/N-ethyl adjacent to an activating group) is 1. The van der Waals surface area contributed by atoms with Crippen molar-refractivity contribution in [3.8, 4) is 0 Å². The zero-order valence-electron chi connectivity index (χ0n) is 11.5. The third-order valence-corrected chi connectivity index (χ3v) is 4.51. The molecule has 1 aliphatic carbocycles. The number of rotatable bonds is 5. The molecule has 0 heterocycles. The van der Waals surface area contributed by atoms with Crippen LogP contribution in [0.25, 0.3) is 0 Å². The van der Waals surface area contributed by atoms with Gasteiger partial charge in [0.15, 0.2) is 0 Å². The van der Waals surface area contributed by atoms with Gasteiger partial charge >= 0.3 is 0 Å². The van der Waals surface area contributed by atoms with Crippen LogP contribution in [0.15, 0.2) is 18.2 Å². The van der Waals surface area contributed by atoms with Gasteiger partial charge in [-0.15, -0.1) is 0 Å². The van der Waals surface area contributed by atoms with Gasteiger partial charge in [0.05, 0.1) is 5.60 Å². The Hall–Kier alpha value is -0.640. The number of nitrogens with one attached hydrogen (secondary N) is 1. The summed E-state index contributed by atoms with van der Waals surface area (Å²) in [6.45, 7) is 0. The first kappa shape index (κ1) is 14.8. The van der Waals surface area contributed by atoms with Crippen LogP contribution in [0.4, 0.5) is 4.39 Å². The van der Waals surface area contributed by atoms with E-state index in [0.29, 0.717) is 17.0 Å². The highest BCUT2D eigenvalue weighted by Crippen LogP contribution is 2.37. The normalized spacial score (nSPS) is 19.6. The standard InChI is InChI=1S/C15H21ClFNO/c1-18-14(15(19-2)7-3-4-8-15)10-11-9-12(16)5-6-13(11)17/h5-6,9,14,18H,3-4,7-8,10H2,1-2H3. The number of hydrogen-bond donors (Lipinski definition) is 1. The Balaban J connectivity index is 2.21. The summed E-state index contributed by atoms with van der Waals surface area (Å²) >= 11 is 5.95. The molecular formula is C15H21ClFNO. The molecule has 2 rings (SSSR count). The Morgan fingerprint density at radius 2 is 2.11 bits per heavy atom. The molecule has 0 aliphatic heterocycles. The molecule has 0 saturated heterocycles. The molecular weight excluding hydrogens is 265 g/mol. The largest absolute Gasteiger partial charge is 0.377 e. The predicted octanol–water partition coefficient (Wildman–Crippen LogP) is 3.57. The molecule has 19 heavy (non-hydrogen) atoms. The zero-order chi connectivity index (χ0) is 13.9. The van der Waals surface area contributed by atoms with Crippen molar-refractivity contribution in [3.63, 3.8) is 0 Å². The Labute approximate surface area is 119 Å². The van der Waals surface area contributed by atoms with Crippen molar-refractivity contribution in [2.45, 2.75) is 43.7 Å². The molecule has 1 N–H and O–H groups in total. The molecule has 1 aromatic carbocycles. The maximum absolute atomic E-state index is 13.9. The molecule has 1 saturated carbocycles. The SMILES string of the molecule is CNC(Cc1cc(Cl)ccc1F)C1(OC)CCCC1. The topological polar surface area (TPSA) is 21.3 Å². The van der Waals surface area contributed by atoms with Crippen LogP contribution < -0.4 is 5.32 Å². The van der Waals surface area contributed by atoms with Gasteiger partial charge in [0.25, 0.3) is 0 Å². The number of halogens is 2. The van der Waals surface area contributed by atoms with Crippen molar-refractivity contribution >= 4 is 11.6 Å². The molecule has 1 unspecified atom stereocenters. The van der Waals surface area contributed by atoms with Crippen LogP contribution >= 0.6 is 11.6 Å². The fourth-order valence-corrected chi connectivity index (χ4v) is 3.33. The second-order valence-electron chi connectivity index (χ2n) is 5.26. The highest BCUT2D eigenvalue weighted by Gasteiger charge is 2.41. The molecule has 1 aliphatic rings. The molecule has 0 spiro atoms. The van der Waals surface area contributed by atoms with Crippen LogP contribution in [0.5, 0.6) is 0 Å². The minimum absolute atomic E-state index is 0.105. The zero-order valence-corrected chi connectivity index (χ0v) is 12.3. The molecule has 1 atom stereocenters. The summed E-state index contributed by atoms with van der Waals surface area (Å²) in [6.07, 6.45) is 4.99. The quantitative estimate of drug-likeness (QED) is 0.893. The lowest BCUT2D eigenvalue weighted by atomic mass is 9.87. The molecule has 1 fully saturated rings. The highest BCUT2D eigenvalue weighted by molar-refractivity contribution is 6.30. The van der Waals surface area contributed by atoms with Crippen molar-refractivity contribution in [1.29, 1.82) is 0 Å². The lowest BCUT2D eigenvalue weighted by Gasteiger charge is -2.36. The van der Waals surface area contributed by atoms with E-state index in [2.05, 4.69) is 5.32 Å². The van der Waals surface area contributed by atoms with E-state index in [-0.39, 0.29) is 17.5 Å². The second kappa shape index (κ2) is 6.21. The molecule has 0 radical (unpaired) electrons. The molecule has 0 aromatic heterocycles. The summed E-state index contributed by atoms with van der Waals surface area (Å²) in [5.41, 5.74) is 0.471. The summed E-state index contributed by atoms with van der Waals surface area (Å²) in [4.78, 5) is 0. The van der Waals surface area contributed by atoms with E-state index >= 15 is 0 Å². The van der Waals surface area contributed by atoms with Crippen molar-refractivity contribution in [3.05, 3.63) is 34.6 Å². The Morgan fingerprint density at radius 3 is 2.68 bits per heavy atom. The van der Waals surface area contributed by atoms with E-state index in [1.54, 1.807) is 19.2 Å². The minimum Gasteiger partial charge on any atom is -0.377 e. The van der Waals surface area contributed by atoms with E-state index in [1.807, 2.05) is 7.05 Å². The predicted molar refractivity (Wildman–Crippen MR) is 76.2 cm³/mol. The first-order valence-corrected chi connectivity index (χ1v) is 7.15. The van der Waals surface area contributed by atoms with Gasteiger partial charge in [-0.25, -0.2) is 4.39 Å². The van der Waals surface area contributed by atoms with E-state index in [9.17, 15) is 4.39 Å². The highest BCUT2D eigenvalue weighted by atomic mass is 35.5. The fourth-order valence-electron chi connectivity index (χ4n) is 3.14. The van der Waals surface area contributed by atoms with Gasteiger partial charge in [-0.3, -0.25) is 0 Å². The average molecular weight is 286 g/mol. The van der Waals surface area contributed by atoms with Crippen LogP contribution in [0.3, 0.4) is 0 Å². The summed E-state index contributed by atoms with van der Waals surface area (Å²) in [6, 6.07) is 4.82. The Bertz CT molecular complexity index is 432. The summed E-state index contributed by atoms with van der Waals surface area (Å²) in [5, 5.41) is 3.87.